The highest BCUT2D eigenvalue weighted by Gasteiger charge is 2.06. The fraction of sp³-hybridized carbons (Fsp3) is 0.263. The molecule has 2 rings (SSSR count). The lowest BCUT2D eigenvalue weighted by Crippen LogP contribution is -1.92. The molecule has 0 spiro atoms. The molecule has 22 heavy (non-hydrogen) atoms. The Morgan fingerprint density at radius 2 is 1.91 bits per heavy atom. The highest BCUT2D eigenvalue weighted by Crippen LogP contribution is 2.30. The number of hydrogen-bond acceptors (Lipinski definition) is 2. The number of benzene rings is 2. The zero-order valence-corrected chi connectivity index (χ0v) is 13.9. The lowest BCUT2D eigenvalue weighted by Gasteiger charge is -2.10. The number of hydrogen-bond donors (Lipinski definition) is 0. The number of ether oxygens (including phenoxy) is 1. The molecule has 0 heterocycles. The SMILES string of the molecule is C=C(Oc1ccc(CCCC)cc1)Sc1cc(F)ccc1C. The fourth-order valence-electron chi connectivity index (χ4n) is 2.06. The second-order valence-electron chi connectivity index (χ2n) is 5.23. The molecule has 0 bridgehead atoms. The topological polar surface area (TPSA) is 9.23 Å². The maximum absolute atomic E-state index is 13.3. The zero-order valence-electron chi connectivity index (χ0n) is 13.1. The van der Waals surface area contributed by atoms with Crippen molar-refractivity contribution < 1.29 is 9.13 Å². The second-order valence-corrected chi connectivity index (χ2v) is 6.33. The van der Waals surface area contributed by atoms with Crippen LogP contribution < -0.4 is 4.74 Å². The molecule has 0 fully saturated rings. The van der Waals surface area contributed by atoms with E-state index in [0.717, 1.165) is 22.6 Å². The van der Waals surface area contributed by atoms with Gasteiger partial charge in [-0.05, 0) is 61.7 Å². The van der Waals surface area contributed by atoms with Crippen LogP contribution in [0, 0.1) is 12.7 Å². The molecule has 0 unspecified atom stereocenters. The fourth-order valence-corrected chi connectivity index (χ4v) is 2.85. The van der Waals surface area contributed by atoms with Crippen molar-refractivity contribution in [1.29, 1.82) is 0 Å². The molecule has 2 aromatic carbocycles. The van der Waals surface area contributed by atoms with Crippen LogP contribution in [0.5, 0.6) is 5.75 Å². The molecule has 0 N–H and O–H groups in total. The Bertz CT molecular complexity index is 634. The minimum atomic E-state index is -0.249. The molecule has 2 aromatic rings. The maximum Gasteiger partial charge on any atom is 0.158 e. The van der Waals surface area contributed by atoms with E-state index in [1.54, 1.807) is 6.07 Å². The molecule has 0 aliphatic carbocycles. The van der Waals surface area contributed by atoms with Gasteiger partial charge in [0, 0.05) is 4.90 Å². The second kappa shape index (κ2) is 8.04. The van der Waals surface area contributed by atoms with Crippen LogP contribution in [0.25, 0.3) is 0 Å². The summed E-state index contributed by atoms with van der Waals surface area (Å²) in [5, 5.41) is 0.537. The highest BCUT2D eigenvalue weighted by molar-refractivity contribution is 8.03. The Kier molecular flexibility index (Phi) is 6.08. The zero-order chi connectivity index (χ0) is 15.9. The first kappa shape index (κ1) is 16.6. The number of unbranched alkanes of at least 4 members (excludes halogenated alkanes) is 1. The first-order valence-corrected chi connectivity index (χ1v) is 8.30. The van der Waals surface area contributed by atoms with Crippen molar-refractivity contribution in [3.8, 4) is 5.75 Å². The van der Waals surface area contributed by atoms with Gasteiger partial charge in [-0.25, -0.2) is 4.39 Å². The third-order valence-corrected chi connectivity index (χ3v) is 4.32. The van der Waals surface area contributed by atoms with Gasteiger partial charge in [0.15, 0.2) is 5.09 Å². The van der Waals surface area contributed by atoms with Gasteiger partial charge in [0.2, 0.25) is 0 Å². The van der Waals surface area contributed by atoms with Crippen molar-refractivity contribution in [2.75, 3.05) is 0 Å². The van der Waals surface area contributed by atoms with Gasteiger partial charge in [0.05, 0.1) is 0 Å². The summed E-state index contributed by atoms with van der Waals surface area (Å²) in [6.07, 6.45) is 3.48. The Morgan fingerprint density at radius 3 is 2.59 bits per heavy atom. The van der Waals surface area contributed by atoms with Gasteiger partial charge < -0.3 is 4.74 Å². The number of halogens is 1. The van der Waals surface area contributed by atoms with Crippen LogP contribution in [0.2, 0.25) is 0 Å². The van der Waals surface area contributed by atoms with E-state index in [1.165, 1.54) is 42.3 Å². The predicted octanol–water partition coefficient (Wildman–Crippen LogP) is 6.12. The third-order valence-electron chi connectivity index (χ3n) is 3.35. The average molecular weight is 316 g/mol. The largest absolute Gasteiger partial charge is 0.451 e. The normalized spacial score (nSPS) is 10.5. The Balaban J connectivity index is 1.95. The summed E-state index contributed by atoms with van der Waals surface area (Å²) in [4.78, 5) is 0.824. The summed E-state index contributed by atoms with van der Waals surface area (Å²) in [5.41, 5.74) is 2.32. The standard InChI is InChI=1S/C19H21FOS/c1-4-5-6-16-8-11-18(12-9-16)21-15(3)22-19-13-17(20)10-7-14(19)2/h7-13H,3-6H2,1-2H3. The molecule has 0 amide bonds. The van der Waals surface area contributed by atoms with Gasteiger partial charge >= 0.3 is 0 Å². The molecule has 0 saturated heterocycles. The first-order chi connectivity index (χ1) is 10.6. The monoisotopic (exact) mass is 316 g/mol. The van der Waals surface area contributed by atoms with E-state index in [-0.39, 0.29) is 5.82 Å². The van der Waals surface area contributed by atoms with Crippen LogP contribution in [0.4, 0.5) is 4.39 Å². The highest BCUT2D eigenvalue weighted by atomic mass is 32.2. The van der Waals surface area contributed by atoms with Crippen LogP contribution in [0.1, 0.15) is 30.9 Å². The molecule has 3 heteroatoms. The minimum Gasteiger partial charge on any atom is -0.451 e. The van der Waals surface area contributed by atoms with Crippen molar-refractivity contribution in [2.45, 2.75) is 38.0 Å². The lowest BCUT2D eigenvalue weighted by atomic mass is 10.1. The molecule has 116 valence electrons. The van der Waals surface area contributed by atoms with Gasteiger partial charge in [-0.1, -0.05) is 43.3 Å². The molecule has 1 nitrogen and oxygen atoms in total. The first-order valence-electron chi connectivity index (χ1n) is 7.48. The number of rotatable bonds is 7. The van der Waals surface area contributed by atoms with E-state index in [1.807, 2.05) is 19.1 Å². The van der Waals surface area contributed by atoms with E-state index in [0.29, 0.717) is 5.09 Å². The molecular formula is C19H21FOS. The van der Waals surface area contributed by atoms with Crippen LogP contribution in [0.15, 0.2) is 59.0 Å². The molecular weight excluding hydrogens is 295 g/mol. The van der Waals surface area contributed by atoms with E-state index >= 15 is 0 Å². The average Bonchev–Trinajstić information content (AvgIpc) is 2.50. The van der Waals surface area contributed by atoms with Crippen LogP contribution in [-0.2, 0) is 6.42 Å². The molecule has 0 atom stereocenters. The van der Waals surface area contributed by atoms with Gasteiger partial charge in [0.25, 0.3) is 0 Å². The van der Waals surface area contributed by atoms with Crippen molar-refractivity contribution in [3.05, 3.63) is 71.1 Å². The minimum absolute atomic E-state index is 0.249. The molecule has 0 radical (unpaired) electrons. The van der Waals surface area contributed by atoms with E-state index < -0.39 is 0 Å². The van der Waals surface area contributed by atoms with E-state index in [9.17, 15) is 4.39 Å². The van der Waals surface area contributed by atoms with Gasteiger partial charge in [-0.15, -0.1) is 0 Å². The Morgan fingerprint density at radius 1 is 1.18 bits per heavy atom. The van der Waals surface area contributed by atoms with Crippen molar-refractivity contribution in [2.24, 2.45) is 0 Å². The third kappa shape index (κ3) is 4.92. The van der Waals surface area contributed by atoms with Crippen LogP contribution in [-0.4, -0.2) is 0 Å². The molecule has 0 aliphatic rings. The Hall–Kier alpha value is -1.74. The summed E-state index contributed by atoms with van der Waals surface area (Å²) in [6.45, 7) is 8.04. The van der Waals surface area contributed by atoms with Crippen LogP contribution in [0.3, 0.4) is 0 Å². The number of aryl methyl sites for hydroxylation is 2. The van der Waals surface area contributed by atoms with E-state index in [4.69, 9.17) is 4.74 Å². The lowest BCUT2D eigenvalue weighted by molar-refractivity contribution is 0.468. The van der Waals surface area contributed by atoms with Gasteiger partial charge in [-0.2, -0.15) is 0 Å². The van der Waals surface area contributed by atoms with E-state index in [2.05, 4.69) is 25.6 Å². The van der Waals surface area contributed by atoms with Crippen molar-refractivity contribution in [3.63, 3.8) is 0 Å². The molecule has 0 aromatic heterocycles. The summed E-state index contributed by atoms with van der Waals surface area (Å²) in [6, 6.07) is 12.8. The summed E-state index contributed by atoms with van der Waals surface area (Å²) >= 11 is 1.34. The number of thioether (sulfide) groups is 1. The van der Waals surface area contributed by atoms with Crippen molar-refractivity contribution in [1.82, 2.24) is 0 Å². The molecule has 0 aliphatic heterocycles. The summed E-state index contributed by atoms with van der Waals surface area (Å²) in [5.74, 6) is 0.507. The van der Waals surface area contributed by atoms with Gasteiger partial charge in [-0.3, -0.25) is 0 Å². The molecule has 0 saturated carbocycles. The van der Waals surface area contributed by atoms with Crippen molar-refractivity contribution >= 4 is 11.8 Å². The quantitative estimate of drug-likeness (QED) is 0.449. The van der Waals surface area contributed by atoms with Crippen LogP contribution >= 0.6 is 11.8 Å². The van der Waals surface area contributed by atoms with Gasteiger partial charge in [0.1, 0.15) is 11.6 Å². The smallest absolute Gasteiger partial charge is 0.158 e. The maximum atomic E-state index is 13.3. The predicted molar refractivity (Wildman–Crippen MR) is 91.8 cm³/mol. The Labute approximate surface area is 136 Å². The summed E-state index contributed by atoms with van der Waals surface area (Å²) < 4.78 is 19.0. The summed E-state index contributed by atoms with van der Waals surface area (Å²) in [7, 11) is 0.